The lowest BCUT2D eigenvalue weighted by atomic mass is 10.2. The molecule has 2 aliphatic rings. The van der Waals surface area contributed by atoms with Gasteiger partial charge in [-0.3, -0.25) is 0 Å². The van der Waals surface area contributed by atoms with Crippen molar-refractivity contribution in [2.24, 2.45) is 0 Å². The standard InChI is InChI=1S/C14H30N2O/c1-15(7-5-3-4-6-8-15)9-10-16(2)11-13-17-14-12-16/h3-14H2,1-2H3/q+2. The van der Waals surface area contributed by atoms with Gasteiger partial charge in [-0.15, -0.1) is 0 Å². The van der Waals surface area contributed by atoms with Gasteiger partial charge in [-0.1, -0.05) is 0 Å². The second kappa shape index (κ2) is 5.68. The Labute approximate surface area is 107 Å². The fourth-order valence-electron chi connectivity index (χ4n) is 3.17. The van der Waals surface area contributed by atoms with E-state index in [0.29, 0.717) is 0 Å². The fraction of sp³-hybridized carbons (Fsp3) is 1.00. The number of likely N-dealkylation sites (N-methyl/N-ethyl adjacent to an activating group) is 2. The van der Waals surface area contributed by atoms with Crippen molar-refractivity contribution < 1.29 is 13.7 Å². The molecule has 3 nitrogen and oxygen atoms in total. The zero-order valence-electron chi connectivity index (χ0n) is 11.8. The number of quaternary nitrogens is 2. The van der Waals surface area contributed by atoms with Crippen LogP contribution in [-0.4, -0.2) is 75.5 Å². The van der Waals surface area contributed by atoms with E-state index in [1.165, 1.54) is 73.9 Å². The summed E-state index contributed by atoms with van der Waals surface area (Å²) in [5.74, 6) is 0. The third-order valence-corrected chi connectivity index (χ3v) is 4.88. The predicted molar refractivity (Wildman–Crippen MR) is 70.9 cm³/mol. The van der Waals surface area contributed by atoms with E-state index in [1.807, 2.05) is 0 Å². The maximum atomic E-state index is 5.48. The van der Waals surface area contributed by atoms with Crippen LogP contribution in [0.25, 0.3) is 0 Å². The zero-order chi connectivity index (χ0) is 12.2. The second-order valence-electron chi connectivity index (χ2n) is 6.61. The third-order valence-electron chi connectivity index (χ3n) is 4.88. The van der Waals surface area contributed by atoms with Crippen molar-refractivity contribution in [1.82, 2.24) is 0 Å². The van der Waals surface area contributed by atoms with Crippen LogP contribution in [0.5, 0.6) is 0 Å². The van der Waals surface area contributed by atoms with Gasteiger partial charge in [0.15, 0.2) is 0 Å². The molecule has 2 rings (SSSR count). The summed E-state index contributed by atoms with van der Waals surface area (Å²) in [7, 11) is 4.88. The maximum Gasteiger partial charge on any atom is 0.128 e. The monoisotopic (exact) mass is 242 g/mol. The van der Waals surface area contributed by atoms with E-state index in [9.17, 15) is 0 Å². The van der Waals surface area contributed by atoms with Gasteiger partial charge in [0.05, 0.1) is 40.4 Å². The smallest absolute Gasteiger partial charge is 0.128 e. The normalized spacial score (nSPS) is 28.6. The van der Waals surface area contributed by atoms with Crippen LogP contribution in [0.2, 0.25) is 0 Å². The molecule has 2 fully saturated rings. The minimum Gasteiger partial charge on any atom is -0.370 e. The lowest BCUT2D eigenvalue weighted by Crippen LogP contribution is -2.58. The van der Waals surface area contributed by atoms with Crippen molar-refractivity contribution in [1.29, 1.82) is 0 Å². The Bertz CT molecular complexity index is 228. The third kappa shape index (κ3) is 3.94. The average Bonchev–Trinajstić information content (AvgIpc) is 2.54. The molecule has 0 radical (unpaired) electrons. The van der Waals surface area contributed by atoms with Gasteiger partial charge in [-0.25, -0.2) is 0 Å². The Kier molecular flexibility index (Phi) is 4.45. The van der Waals surface area contributed by atoms with E-state index in [-0.39, 0.29) is 0 Å². The number of morpholine rings is 1. The summed E-state index contributed by atoms with van der Waals surface area (Å²) in [6.07, 6.45) is 5.77. The minimum atomic E-state index is 0.959. The molecule has 0 unspecified atom stereocenters. The average molecular weight is 242 g/mol. The highest BCUT2D eigenvalue weighted by molar-refractivity contribution is 4.53. The molecule has 0 bridgehead atoms. The molecule has 0 atom stereocenters. The molecule has 17 heavy (non-hydrogen) atoms. The van der Waals surface area contributed by atoms with Gasteiger partial charge in [-0.2, -0.15) is 0 Å². The van der Waals surface area contributed by atoms with Crippen LogP contribution >= 0.6 is 0 Å². The molecule has 100 valence electrons. The van der Waals surface area contributed by atoms with Gasteiger partial charge >= 0.3 is 0 Å². The van der Waals surface area contributed by atoms with Crippen molar-refractivity contribution in [3.05, 3.63) is 0 Å². The Morgan fingerprint density at radius 3 is 1.71 bits per heavy atom. The number of rotatable bonds is 3. The molecular weight excluding hydrogens is 212 g/mol. The molecule has 0 aromatic rings. The summed E-state index contributed by atoms with van der Waals surface area (Å²) < 4.78 is 8.03. The molecular formula is C14H30N2O+2. The quantitative estimate of drug-likeness (QED) is 0.681. The summed E-state index contributed by atoms with van der Waals surface area (Å²) in [5, 5.41) is 0. The molecule has 0 spiro atoms. The van der Waals surface area contributed by atoms with Crippen molar-refractivity contribution in [3.8, 4) is 0 Å². The van der Waals surface area contributed by atoms with Crippen molar-refractivity contribution in [3.63, 3.8) is 0 Å². The van der Waals surface area contributed by atoms with E-state index in [2.05, 4.69) is 14.1 Å². The second-order valence-corrected chi connectivity index (χ2v) is 6.61. The summed E-state index contributed by atoms with van der Waals surface area (Å²) in [6.45, 7) is 9.82. The van der Waals surface area contributed by atoms with Crippen LogP contribution in [0.3, 0.4) is 0 Å². The van der Waals surface area contributed by atoms with Crippen LogP contribution in [0.1, 0.15) is 25.7 Å². The molecule has 2 aliphatic heterocycles. The molecule has 0 aliphatic carbocycles. The molecule has 0 amide bonds. The summed E-state index contributed by atoms with van der Waals surface area (Å²) in [6, 6.07) is 0. The Hall–Kier alpha value is -0.120. The van der Waals surface area contributed by atoms with E-state index in [4.69, 9.17) is 4.74 Å². The molecule has 0 N–H and O–H groups in total. The summed E-state index contributed by atoms with van der Waals surface area (Å²) in [5.41, 5.74) is 0. The number of hydrogen-bond acceptors (Lipinski definition) is 1. The van der Waals surface area contributed by atoms with Crippen LogP contribution in [-0.2, 0) is 4.74 Å². The number of ether oxygens (including phenoxy) is 1. The van der Waals surface area contributed by atoms with E-state index in [0.717, 1.165) is 13.2 Å². The van der Waals surface area contributed by atoms with Crippen molar-refractivity contribution >= 4 is 0 Å². The van der Waals surface area contributed by atoms with Gasteiger partial charge in [0.25, 0.3) is 0 Å². The fourth-order valence-corrected chi connectivity index (χ4v) is 3.17. The molecule has 2 heterocycles. The predicted octanol–water partition coefficient (Wildman–Crippen LogP) is 1.48. The summed E-state index contributed by atoms with van der Waals surface area (Å²) >= 11 is 0. The van der Waals surface area contributed by atoms with E-state index < -0.39 is 0 Å². The molecule has 0 aromatic heterocycles. The first kappa shape index (κ1) is 13.3. The zero-order valence-corrected chi connectivity index (χ0v) is 11.8. The largest absolute Gasteiger partial charge is 0.370 e. The van der Waals surface area contributed by atoms with Crippen LogP contribution in [0.15, 0.2) is 0 Å². The van der Waals surface area contributed by atoms with Gasteiger partial charge in [-0.05, 0) is 25.7 Å². The van der Waals surface area contributed by atoms with Gasteiger partial charge in [0, 0.05) is 0 Å². The summed E-state index contributed by atoms with van der Waals surface area (Å²) in [4.78, 5) is 0. The Morgan fingerprint density at radius 1 is 0.706 bits per heavy atom. The lowest BCUT2D eigenvalue weighted by molar-refractivity contribution is -0.966. The van der Waals surface area contributed by atoms with Crippen LogP contribution in [0.4, 0.5) is 0 Å². The van der Waals surface area contributed by atoms with Crippen LogP contribution in [0, 0.1) is 0 Å². The molecule has 0 saturated carbocycles. The first-order valence-corrected chi connectivity index (χ1v) is 7.37. The van der Waals surface area contributed by atoms with E-state index in [1.54, 1.807) is 0 Å². The Balaban J connectivity index is 1.82. The number of likely N-dealkylation sites (tertiary alicyclic amines) is 1. The van der Waals surface area contributed by atoms with Crippen molar-refractivity contribution in [2.75, 3.05) is 66.6 Å². The molecule has 3 heteroatoms. The topological polar surface area (TPSA) is 9.23 Å². The minimum absolute atomic E-state index is 0.959. The number of hydrogen-bond donors (Lipinski definition) is 0. The first-order valence-electron chi connectivity index (χ1n) is 7.37. The van der Waals surface area contributed by atoms with Gasteiger partial charge < -0.3 is 13.7 Å². The highest BCUT2D eigenvalue weighted by Gasteiger charge is 2.30. The van der Waals surface area contributed by atoms with Gasteiger partial charge in [0.1, 0.15) is 26.2 Å². The molecule has 0 aromatic carbocycles. The lowest BCUT2D eigenvalue weighted by Gasteiger charge is -2.41. The van der Waals surface area contributed by atoms with E-state index >= 15 is 0 Å². The SMILES string of the molecule is C[N+]1(CC[N+]2(C)CCOCC2)CCCCCC1. The highest BCUT2D eigenvalue weighted by atomic mass is 16.5. The molecule has 2 saturated heterocycles. The maximum absolute atomic E-state index is 5.48. The first-order chi connectivity index (χ1) is 8.12. The van der Waals surface area contributed by atoms with Gasteiger partial charge in [0.2, 0.25) is 0 Å². The Morgan fingerprint density at radius 2 is 1.18 bits per heavy atom. The van der Waals surface area contributed by atoms with Crippen molar-refractivity contribution in [2.45, 2.75) is 25.7 Å². The number of nitrogens with zero attached hydrogens (tertiary/aromatic N) is 2. The highest BCUT2D eigenvalue weighted by Crippen LogP contribution is 2.17. The van der Waals surface area contributed by atoms with Crippen LogP contribution < -0.4 is 0 Å².